The number of carbonyl (C=O) groups is 3. The summed E-state index contributed by atoms with van der Waals surface area (Å²) >= 11 is 0. The summed E-state index contributed by atoms with van der Waals surface area (Å²) in [5, 5.41) is 0. The van der Waals surface area contributed by atoms with Gasteiger partial charge in [-0.05, 0) is 103 Å². The van der Waals surface area contributed by atoms with Gasteiger partial charge in [-0.15, -0.1) is 0 Å². The quantitative estimate of drug-likeness (QED) is 0.0261. The molecule has 0 heterocycles. The number of hydrogen-bond donors (Lipinski definition) is 0. The highest BCUT2D eigenvalue weighted by Gasteiger charge is 2.19. The predicted octanol–water partition coefficient (Wildman–Crippen LogP) is 24.4. The molecule has 0 rings (SSSR count). The smallest absolute Gasteiger partial charge is 0.306 e. The maximum absolute atomic E-state index is 13.0. The van der Waals surface area contributed by atoms with Gasteiger partial charge >= 0.3 is 17.9 Å². The van der Waals surface area contributed by atoms with Crippen molar-refractivity contribution in [2.75, 3.05) is 13.2 Å². The Labute approximate surface area is 508 Å². The summed E-state index contributed by atoms with van der Waals surface area (Å²) in [7, 11) is 0. The molecule has 0 amide bonds. The highest BCUT2D eigenvalue weighted by molar-refractivity contribution is 5.71. The van der Waals surface area contributed by atoms with Crippen LogP contribution in [0.2, 0.25) is 0 Å². The molecule has 6 nitrogen and oxygen atoms in total. The van der Waals surface area contributed by atoms with Crippen LogP contribution in [0.5, 0.6) is 0 Å². The molecule has 0 bridgehead atoms. The van der Waals surface area contributed by atoms with Crippen LogP contribution >= 0.6 is 0 Å². The molecule has 0 fully saturated rings. The van der Waals surface area contributed by atoms with Crippen LogP contribution in [0.3, 0.4) is 0 Å². The number of hydrogen-bond acceptors (Lipinski definition) is 6. The van der Waals surface area contributed by atoms with Crippen molar-refractivity contribution in [1.82, 2.24) is 0 Å². The zero-order valence-corrected chi connectivity index (χ0v) is 54.2. The highest BCUT2D eigenvalue weighted by Crippen LogP contribution is 2.17. The van der Waals surface area contributed by atoms with Gasteiger partial charge in [0.25, 0.3) is 0 Å². The van der Waals surface area contributed by atoms with Gasteiger partial charge in [-0.3, -0.25) is 14.4 Å². The number of unbranched alkanes of at least 4 members (excludes halogenated alkanes) is 37. The molecular formula is C76H132O6. The van der Waals surface area contributed by atoms with Gasteiger partial charge in [0, 0.05) is 19.3 Å². The van der Waals surface area contributed by atoms with Crippen molar-refractivity contribution < 1.29 is 28.6 Å². The molecule has 6 heteroatoms. The Morgan fingerprint density at radius 3 is 0.768 bits per heavy atom. The lowest BCUT2D eigenvalue weighted by molar-refractivity contribution is -0.167. The van der Waals surface area contributed by atoms with Crippen molar-refractivity contribution in [3.05, 3.63) is 97.2 Å². The number of esters is 3. The van der Waals surface area contributed by atoms with E-state index in [4.69, 9.17) is 14.2 Å². The van der Waals surface area contributed by atoms with Crippen molar-refractivity contribution in [2.24, 2.45) is 0 Å². The summed E-state index contributed by atoms with van der Waals surface area (Å²) in [6, 6.07) is 0. The first-order valence-electron chi connectivity index (χ1n) is 35.2. The molecule has 0 aromatic heterocycles. The van der Waals surface area contributed by atoms with Crippen LogP contribution in [-0.4, -0.2) is 37.2 Å². The Morgan fingerprint density at radius 2 is 0.476 bits per heavy atom. The van der Waals surface area contributed by atoms with Crippen molar-refractivity contribution in [3.8, 4) is 0 Å². The van der Waals surface area contributed by atoms with Crippen molar-refractivity contribution in [2.45, 2.75) is 354 Å². The van der Waals surface area contributed by atoms with Crippen LogP contribution in [0, 0.1) is 0 Å². The van der Waals surface area contributed by atoms with E-state index in [-0.39, 0.29) is 31.1 Å². The fourth-order valence-electron chi connectivity index (χ4n) is 10.1. The Bertz CT molecular complexity index is 1590. The van der Waals surface area contributed by atoms with Gasteiger partial charge in [0.15, 0.2) is 6.10 Å². The minimum absolute atomic E-state index is 0.0764. The molecule has 0 spiro atoms. The molecule has 0 radical (unpaired) electrons. The molecule has 0 aromatic rings. The van der Waals surface area contributed by atoms with Crippen molar-refractivity contribution in [1.29, 1.82) is 0 Å². The van der Waals surface area contributed by atoms with E-state index in [9.17, 15) is 14.4 Å². The van der Waals surface area contributed by atoms with Gasteiger partial charge in [0.2, 0.25) is 0 Å². The third kappa shape index (κ3) is 67.1. The standard InChI is InChI=1S/C76H132O6/c1-4-7-10-13-16-19-22-25-28-31-33-34-35-36-37-38-39-40-41-42-44-45-48-51-54-57-60-63-66-69-75(78)81-72-73(71-80-74(77)68-65-62-59-56-53-50-47-30-27-24-21-18-15-12-9-6-3)82-76(79)70-67-64-61-58-55-52-49-46-43-32-29-26-23-20-17-14-11-8-5-2/h7,10,16-17,19-20,25-26,28-29,33-34,36-37,39-40,73H,4-6,8-9,11-15,18,21-24,27,30-32,35,38,41-72H2,1-3H3/b10-7-,19-16-,20-17-,28-25-,29-26-,34-33-,37-36-,40-39-. The summed E-state index contributed by atoms with van der Waals surface area (Å²) < 4.78 is 17.0. The highest BCUT2D eigenvalue weighted by atomic mass is 16.6. The van der Waals surface area contributed by atoms with E-state index in [1.54, 1.807) is 0 Å². The minimum Gasteiger partial charge on any atom is -0.462 e. The summed E-state index contributed by atoms with van der Waals surface area (Å²) in [4.78, 5) is 38.5. The van der Waals surface area contributed by atoms with Crippen molar-refractivity contribution in [3.63, 3.8) is 0 Å². The van der Waals surface area contributed by atoms with Crippen LogP contribution in [0.25, 0.3) is 0 Å². The second kappa shape index (κ2) is 69.8. The minimum atomic E-state index is -0.782. The lowest BCUT2D eigenvalue weighted by Gasteiger charge is -2.18. The zero-order valence-electron chi connectivity index (χ0n) is 54.2. The predicted molar refractivity (Wildman–Crippen MR) is 357 cm³/mol. The first kappa shape index (κ1) is 78.3. The van der Waals surface area contributed by atoms with Crippen LogP contribution in [0.15, 0.2) is 97.2 Å². The molecule has 0 aromatic carbocycles. The second-order valence-corrected chi connectivity index (χ2v) is 23.4. The molecule has 0 aliphatic rings. The van der Waals surface area contributed by atoms with E-state index in [1.165, 1.54) is 205 Å². The van der Waals surface area contributed by atoms with Gasteiger partial charge in [0.1, 0.15) is 13.2 Å². The molecule has 1 atom stereocenters. The summed E-state index contributed by atoms with van der Waals surface area (Å²) in [6.07, 6.45) is 94.2. The zero-order chi connectivity index (χ0) is 59.2. The molecule has 0 saturated heterocycles. The maximum atomic E-state index is 13.0. The number of allylic oxidation sites excluding steroid dienone is 16. The second-order valence-electron chi connectivity index (χ2n) is 23.4. The third-order valence-corrected chi connectivity index (χ3v) is 15.3. The molecule has 82 heavy (non-hydrogen) atoms. The van der Waals surface area contributed by atoms with Gasteiger partial charge in [-0.1, -0.05) is 323 Å². The number of rotatable bonds is 64. The molecule has 0 aliphatic heterocycles. The largest absolute Gasteiger partial charge is 0.462 e. The first-order valence-corrected chi connectivity index (χ1v) is 35.2. The van der Waals surface area contributed by atoms with Crippen molar-refractivity contribution >= 4 is 17.9 Å². The summed E-state index contributed by atoms with van der Waals surface area (Å²) in [6.45, 7) is 6.54. The Hall–Kier alpha value is -3.67. The Balaban J connectivity index is 4.32. The van der Waals surface area contributed by atoms with Gasteiger partial charge < -0.3 is 14.2 Å². The normalized spacial score (nSPS) is 12.7. The molecular weight excluding hydrogens is 1010 g/mol. The fraction of sp³-hybridized carbons (Fsp3) is 0.750. The van der Waals surface area contributed by atoms with Crippen LogP contribution in [0.4, 0.5) is 0 Å². The summed E-state index contributed by atoms with van der Waals surface area (Å²) in [5.74, 6) is -0.867. The monoisotopic (exact) mass is 1140 g/mol. The molecule has 0 N–H and O–H groups in total. The number of carbonyl (C=O) groups excluding carboxylic acids is 3. The topological polar surface area (TPSA) is 78.9 Å². The number of ether oxygens (including phenoxy) is 3. The van der Waals surface area contributed by atoms with Crippen LogP contribution in [0.1, 0.15) is 348 Å². The Morgan fingerprint density at radius 1 is 0.256 bits per heavy atom. The fourth-order valence-corrected chi connectivity index (χ4v) is 10.1. The van der Waals surface area contributed by atoms with E-state index in [0.29, 0.717) is 19.3 Å². The van der Waals surface area contributed by atoms with Crippen LogP contribution < -0.4 is 0 Å². The SMILES string of the molecule is CC/C=C\C/C=C\C/C=C\C/C=C\C/C=C\C/C=C\CCCCCCCCCCCCC(=O)OCC(COC(=O)CCCCCCCCCCCCCCCCCC)OC(=O)CCCCCCCCCCC/C=C\C/C=C\CCCCC. The van der Waals surface area contributed by atoms with Gasteiger partial charge in [-0.25, -0.2) is 0 Å². The van der Waals surface area contributed by atoms with E-state index >= 15 is 0 Å². The van der Waals surface area contributed by atoms with Gasteiger partial charge in [0.05, 0.1) is 0 Å². The third-order valence-electron chi connectivity index (χ3n) is 15.3. The van der Waals surface area contributed by atoms with E-state index in [2.05, 4.69) is 118 Å². The molecule has 1 unspecified atom stereocenters. The lowest BCUT2D eigenvalue weighted by atomic mass is 10.0. The Kier molecular flexibility index (Phi) is 66.7. The van der Waals surface area contributed by atoms with E-state index in [1.807, 2.05) is 0 Å². The van der Waals surface area contributed by atoms with Crippen LogP contribution in [-0.2, 0) is 28.6 Å². The maximum Gasteiger partial charge on any atom is 0.306 e. The summed E-state index contributed by atoms with van der Waals surface area (Å²) in [5.41, 5.74) is 0. The first-order chi connectivity index (χ1) is 40.5. The van der Waals surface area contributed by atoms with E-state index < -0.39 is 6.10 Å². The van der Waals surface area contributed by atoms with Gasteiger partial charge in [-0.2, -0.15) is 0 Å². The average Bonchev–Trinajstić information content (AvgIpc) is 3.47. The molecule has 0 aliphatic carbocycles. The average molecular weight is 1140 g/mol. The van der Waals surface area contributed by atoms with E-state index in [0.717, 1.165) is 103 Å². The molecule has 472 valence electrons. The lowest BCUT2D eigenvalue weighted by Crippen LogP contribution is -2.30. The molecule has 0 saturated carbocycles.